The van der Waals surface area contributed by atoms with E-state index in [1.165, 1.54) is 22.6 Å². The molecule has 0 spiro atoms. The number of rotatable bonds is 5. The van der Waals surface area contributed by atoms with Gasteiger partial charge < -0.3 is 14.0 Å². The maximum atomic E-state index is 13.4. The fraction of sp³-hybridized carbons (Fsp3) is 0.278. The number of aromatic nitrogens is 1. The van der Waals surface area contributed by atoms with Gasteiger partial charge in [-0.05, 0) is 74.4 Å². The predicted molar refractivity (Wildman–Crippen MR) is 99.5 cm³/mol. The number of nitrogens with one attached hydrogen (secondary N) is 1. The molecule has 0 bridgehead atoms. The van der Waals surface area contributed by atoms with Crippen LogP contribution in [0, 0.1) is 12.7 Å². The van der Waals surface area contributed by atoms with Crippen LogP contribution in [0.5, 0.6) is 0 Å². The predicted octanol–water partition coefficient (Wildman–Crippen LogP) is 3.76. The highest BCUT2D eigenvalue weighted by molar-refractivity contribution is 8.00. The molecule has 1 aromatic heterocycles. The van der Waals surface area contributed by atoms with Crippen LogP contribution in [0.2, 0.25) is 0 Å². The molecule has 0 unspecified atom stereocenters. The molecule has 0 saturated carbocycles. The minimum absolute atomic E-state index is 0.226. The van der Waals surface area contributed by atoms with Gasteiger partial charge in [-0.15, -0.1) is 0 Å². The van der Waals surface area contributed by atoms with Crippen LogP contribution in [0.3, 0.4) is 0 Å². The molecule has 0 saturated heterocycles. The van der Waals surface area contributed by atoms with Crippen molar-refractivity contribution in [3.63, 3.8) is 0 Å². The zero-order valence-electron chi connectivity index (χ0n) is 14.6. The lowest BCUT2D eigenvalue weighted by Gasteiger charge is -2.13. The van der Waals surface area contributed by atoms with Crippen LogP contribution in [0.4, 0.5) is 10.1 Å². The number of benzene rings is 2. The maximum Gasteiger partial charge on any atom is 0.419 e. The Kier molecular flexibility index (Phi) is 4.87. The van der Waals surface area contributed by atoms with Crippen molar-refractivity contribution in [2.45, 2.75) is 18.4 Å². The Morgan fingerprint density at radius 1 is 1.28 bits per heavy atom. The molecule has 0 radical (unpaired) electrons. The fourth-order valence-corrected chi connectivity index (χ4v) is 3.43. The Morgan fingerprint density at radius 3 is 2.72 bits per heavy atom. The molecule has 0 fully saturated rings. The van der Waals surface area contributed by atoms with E-state index >= 15 is 0 Å². The Bertz CT molecular complexity index is 978. The maximum absolute atomic E-state index is 13.4. The van der Waals surface area contributed by atoms with Gasteiger partial charge in [0.25, 0.3) is 0 Å². The van der Waals surface area contributed by atoms with Crippen LogP contribution in [0.15, 0.2) is 44.4 Å². The summed E-state index contributed by atoms with van der Waals surface area (Å²) in [7, 11) is 5.66. The van der Waals surface area contributed by atoms with E-state index in [0.29, 0.717) is 17.7 Å². The molecule has 2 aromatic carbocycles. The van der Waals surface area contributed by atoms with Crippen LogP contribution in [0.25, 0.3) is 11.1 Å². The summed E-state index contributed by atoms with van der Waals surface area (Å²) in [4.78, 5) is 14.8. The molecule has 0 aliphatic heterocycles. The molecule has 1 N–H and O–H groups in total. The number of hydrogen-bond donors (Lipinski definition) is 1. The summed E-state index contributed by atoms with van der Waals surface area (Å²) in [6.45, 7) is 2.42. The third kappa shape index (κ3) is 3.72. The zero-order chi connectivity index (χ0) is 18.1. The van der Waals surface area contributed by atoms with Gasteiger partial charge in [0, 0.05) is 24.2 Å². The molecular weight excluding hydrogens is 341 g/mol. The average molecular weight is 361 g/mol. The largest absolute Gasteiger partial charge is 0.419 e. The third-order valence-electron chi connectivity index (χ3n) is 3.87. The van der Waals surface area contributed by atoms with Crippen LogP contribution in [-0.4, -0.2) is 23.6 Å². The van der Waals surface area contributed by atoms with Crippen LogP contribution < -0.4 is 10.5 Å². The molecule has 0 atom stereocenters. The summed E-state index contributed by atoms with van der Waals surface area (Å²) in [5, 5.41) is 0. The normalized spacial score (nSPS) is 11.4. The van der Waals surface area contributed by atoms with Crippen molar-refractivity contribution in [2.75, 3.05) is 18.8 Å². The van der Waals surface area contributed by atoms with E-state index in [0.717, 1.165) is 21.7 Å². The standard InChI is InChI=1S/C18H20FN3O2S/c1-11-7-13(5-6-15(11)19)20-25-14-8-12(10-21(2)3)17-16(9-14)24-18(23)22(17)4/h5-9,20H,10H2,1-4H3. The molecule has 25 heavy (non-hydrogen) atoms. The van der Waals surface area contributed by atoms with Gasteiger partial charge in [-0.25, -0.2) is 9.18 Å². The minimum atomic E-state index is -0.376. The molecule has 0 aliphatic rings. The van der Waals surface area contributed by atoms with Crippen LogP contribution >= 0.6 is 11.9 Å². The molecule has 0 amide bonds. The molecule has 0 aliphatic carbocycles. The molecule has 3 rings (SSSR count). The summed E-state index contributed by atoms with van der Waals surface area (Å²) in [6, 6.07) is 8.76. The minimum Gasteiger partial charge on any atom is -0.408 e. The van der Waals surface area contributed by atoms with Gasteiger partial charge in [-0.3, -0.25) is 4.57 Å². The molecule has 5 nitrogen and oxygen atoms in total. The van der Waals surface area contributed by atoms with Crippen molar-refractivity contribution in [2.24, 2.45) is 7.05 Å². The summed E-state index contributed by atoms with van der Waals surface area (Å²) in [6.07, 6.45) is 0. The van der Waals surface area contributed by atoms with Gasteiger partial charge in [0.2, 0.25) is 0 Å². The topological polar surface area (TPSA) is 50.4 Å². The number of hydrogen-bond acceptors (Lipinski definition) is 5. The van der Waals surface area contributed by atoms with E-state index < -0.39 is 0 Å². The first-order valence-corrected chi connectivity index (χ1v) is 8.63. The number of halogens is 1. The van der Waals surface area contributed by atoms with Crippen molar-refractivity contribution in [3.05, 3.63) is 57.8 Å². The molecule has 132 valence electrons. The van der Waals surface area contributed by atoms with Crippen LogP contribution in [0.1, 0.15) is 11.1 Å². The Morgan fingerprint density at radius 2 is 2.04 bits per heavy atom. The second-order valence-corrected chi connectivity index (χ2v) is 7.14. The zero-order valence-corrected chi connectivity index (χ0v) is 15.4. The smallest absolute Gasteiger partial charge is 0.408 e. The van der Waals surface area contributed by atoms with Crippen molar-refractivity contribution in [1.29, 1.82) is 0 Å². The number of fused-ring (bicyclic) bond motifs is 1. The number of nitrogens with zero attached hydrogens (tertiary/aromatic N) is 2. The van der Waals surface area contributed by atoms with Crippen molar-refractivity contribution >= 4 is 28.7 Å². The lowest BCUT2D eigenvalue weighted by Crippen LogP contribution is -2.14. The van der Waals surface area contributed by atoms with Gasteiger partial charge >= 0.3 is 5.76 Å². The quantitative estimate of drug-likeness (QED) is 0.701. The first-order chi connectivity index (χ1) is 11.8. The highest BCUT2D eigenvalue weighted by Crippen LogP contribution is 2.28. The summed E-state index contributed by atoms with van der Waals surface area (Å²) < 4.78 is 23.4. The molecule has 1 heterocycles. The fourth-order valence-electron chi connectivity index (χ4n) is 2.70. The first kappa shape index (κ1) is 17.6. The van der Waals surface area contributed by atoms with Gasteiger partial charge in [-0.1, -0.05) is 0 Å². The molecule has 3 aromatic rings. The third-order valence-corrected chi connectivity index (χ3v) is 4.67. The van der Waals surface area contributed by atoms with Gasteiger partial charge in [0.15, 0.2) is 5.58 Å². The van der Waals surface area contributed by atoms with E-state index in [4.69, 9.17) is 4.42 Å². The van der Waals surface area contributed by atoms with E-state index in [-0.39, 0.29) is 11.6 Å². The van der Waals surface area contributed by atoms with Gasteiger partial charge in [0.1, 0.15) is 5.82 Å². The second-order valence-electron chi connectivity index (χ2n) is 6.26. The summed E-state index contributed by atoms with van der Waals surface area (Å²) >= 11 is 1.40. The average Bonchev–Trinajstić information content (AvgIpc) is 2.83. The van der Waals surface area contributed by atoms with Gasteiger partial charge in [-0.2, -0.15) is 0 Å². The number of aryl methyl sites for hydroxylation is 2. The molecular formula is C18H20FN3O2S. The van der Waals surface area contributed by atoms with E-state index in [1.807, 2.05) is 31.1 Å². The van der Waals surface area contributed by atoms with Gasteiger partial charge in [0.05, 0.1) is 5.52 Å². The monoisotopic (exact) mass is 361 g/mol. The van der Waals surface area contributed by atoms with E-state index in [2.05, 4.69) is 4.72 Å². The lowest BCUT2D eigenvalue weighted by atomic mass is 10.2. The first-order valence-electron chi connectivity index (χ1n) is 7.81. The Labute approximate surface area is 149 Å². The van der Waals surface area contributed by atoms with Crippen molar-refractivity contribution < 1.29 is 8.81 Å². The Balaban J connectivity index is 1.93. The summed E-state index contributed by atoms with van der Waals surface area (Å²) in [5.41, 5.74) is 3.78. The van der Waals surface area contributed by atoms with E-state index in [1.54, 1.807) is 26.1 Å². The summed E-state index contributed by atoms with van der Waals surface area (Å²) in [5.74, 6) is -0.601. The number of oxazole rings is 1. The van der Waals surface area contributed by atoms with Crippen molar-refractivity contribution in [1.82, 2.24) is 9.47 Å². The lowest BCUT2D eigenvalue weighted by molar-refractivity contribution is 0.403. The van der Waals surface area contributed by atoms with Crippen LogP contribution in [-0.2, 0) is 13.6 Å². The van der Waals surface area contributed by atoms with E-state index in [9.17, 15) is 9.18 Å². The Hall–Kier alpha value is -2.25. The highest BCUT2D eigenvalue weighted by Gasteiger charge is 2.14. The molecule has 7 heteroatoms. The highest BCUT2D eigenvalue weighted by atomic mass is 32.2. The number of anilines is 1. The second kappa shape index (κ2) is 6.93. The SMILES string of the molecule is Cc1cc(NSc2cc(CN(C)C)c3c(c2)oc(=O)n3C)ccc1F. The van der Waals surface area contributed by atoms with Crippen molar-refractivity contribution in [3.8, 4) is 0 Å².